The van der Waals surface area contributed by atoms with Crippen molar-refractivity contribution >= 4 is 29.2 Å². The second kappa shape index (κ2) is 4.20. The predicted octanol–water partition coefficient (Wildman–Crippen LogP) is 3.69. The summed E-state index contributed by atoms with van der Waals surface area (Å²) < 4.78 is 0. The number of halogens is 2. The van der Waals surface area contributed by atoms with Gasteiger partial charge in [-0.1, -0.05) is 29.3 Å². The van der Waals surface area contributed by atoms with Gasteiger partial charge in [-0.15, -0.1) is 0 Å². The first kappa shape index (κ1) is 11.0. The topological polar surface area (TPSA) is 53.1 Å². The van der Waals surface area contributed by atoms with Gasteiger partial charge in [-0.3, -0.25) is 0 Å². The number of aromatic carboxylic acids is 1. The van der Waals surface area contributed by atoms with E-state index in [-0.39, 0.29) is 5.69 Å². The molecular weight excluding hydrogens is 249 g/mol. The van der Waals surface area contributed by atoms with Crippen LogP contribution in [0.2, 0.25) is 10.0 Å². The van der Waals surface area contributed by atoms with Crippen LogP contribution in [0.1, 0.15) is 10.5 Å². The van der Waals surface area contributed by atoms with Gasteiger partial charge in [0.1, 0.15) is 5.69 Å². The third kappa shape index (κ3) is 1.79. The standard InChI is InChI=1S/C11H7Cl2NO2/c12-7-2-1-3-8(13)9(7)6-4-5-14-10(6)11(15)16/h1-5,14H,(H,15,16). The van der Waals surface area contributed by atoms with E-state index in [9.17, 15) is 4.79 Å². The van der Waals surface area contributed by atoms with E-state index in [1.807, 2.05) is 0 Å². The van der Waals surface area contributed by atoms with Crippen LogP contribution in [-0.4, -0.2) is 16.1 Å². The Morgan fingerprint density at radius 2 is 1.81 bits per heavy atom. The van der Waals surface area contributed by atoms with E-state index in [1.54, 1.807) is 30.5 Å². The molecule has 1 aromatic carbocycles. The zero-order valence-electron chi connectivity index (χ0n) is 8.00. The molecule has 5 heteroatoms. The molecule has 2 N–H and O–H groups in total. The van der Waals surface area contributed by atoms with Gasteiger partial charge in [-0.05, 0) is 18.2 Å². The molecule has 0 aliphatic carbocycles. The molecule has 0 saturated heterocycles. The van der Waals surface area contributed by atoms with E-state index in [4.69, 9.17) is 28.3 Å². The maximum Gasteiger partial charge on any atom is 0.352 e. The van der Waals surface area contributed by atoms with Gasteiger partial charge in [0.2, 0.25) is 0 Å². The van der Waals surface area contributed by atoms with Crippen LogP contribution in [0.15, 0.2) is 30.5 Å². The number of aromatic amines is 1. The number of hydrogen-bond donors (Lipinski definition) is 2. The molecular formula is C11H7Cl2NO2. The van der Waals surface area contributed by atoms with Gasteiger partial charge in [-0.25, -0.2) is 4.79 Å². The fourth-order valence-electron chi connectivity index (χ4n) is 1.51. The molecule has 2 aromatic rings. The molecule has 0 aliphatic heterocycles. The minimum Gasteiger partial charge on any atom is -0.477 e. The zero-order valence-corrected chi connectivity index (χ0v) is 9.51. The molecule has 0 saturated carbocycles. The Balaban J connectivity index is 2.68. The zero-order chi connectivity index (χ0) is 11.7. The van der Waals surface area contributed by atoms with Gasteiger partial charge in [-0.2, -0.15) is 0 Å². The predicted molar refractivity (Wildman–Crippen MR) is 63.2 cm³/mol. The summed E-state index contributed by atoms with van der Waals surface area (Å²) in [5.41, 5.74) is 1.10. The molecule has 82 valence electrons. The summed E-state index contributed by atoms with van der Waals surface area (Å²) in [4.78, 5) is 13.6. The van der Waals surface area contributed by atoms with Crippen LogP contribution in [0.25, 0.3) is 11.1 Å². The van der Waals surface area contributed by atoms with Crippen molar-refractivity contribution in [3.8, 4) is 11.1 Å². The lowest BCUT2D eigenvalue weighted by molar-refractivity contribution is 0.0692. The highest BCUT2D eigenvalue weighted by Gasteiger charge is 2.17. The molecule has 0 bridgehead atoms. The summed E-state index contributed by atoms with van der Waals surface area (Å²) in [6, 6.07) is 6.68. The van der Waals surface area contributed by atoms with Crippen LogP contribution >= 0.6 is 23.2 Å². The normalized spacial score (nSPS) is 10.4. The van der Waals surface area contributed by atoms with E-state index in [0.717, 1.165) is 0 Å². The van der Waals surface area contributed by atoms with Crippen LogP contribution in [0, 0.1) is 0 Å². The molecule has 0 fully saturated rings. The van der Waals surface area contributed by atoms with Crippen molar-refractivity contribution < 1.29 is 9.90 Å². The van der Waals surface area contributed by atoms with Crippen molar-refractivity contribution in [3.05, 3.63) is 46.2 Å². The number of H-pyrrole nitrogens is 1. The first-order chi connectivity index (χ1) is 7.61. The largest absolute Gasteiger partial charge is 0.477 e. The van der Waals surface area contributed by atoms with Crippen molar-refractivity contribution in [2.45, 2.75) is 0 Å². The third-order valence-corrected chi connectivity index (χ3v) is 2.82. The maximum atomic E-state index is 11.0. The third-order valence-electron chi connectivity index (χ3n) is 2.19. The number of nitrogens with one attached hydrogen (secondary N) is 1. The van der Waals surface area contributed by atoms with Crippen LogP contribution in [0.3, 0.4) is 0 Å². The molecule has 2 rings (SSSR count). The Kier molecular flexibility index (Phi) is 2.90. The minimum atomic E-state index is -1.05. The molecule has 0 unspecified atom stereocenters. The highest BCUT2D eigenvalue weighted by Crippen LogP contribution is 2.36. The fraction of sp³-hybridized carbons (Fsp3) is 0. The van der Waals surface area contributed by atoms with E-state index in [2.05, 4.69) is 4.98 Å². The first-order valence-corrected chi connectivity index (χ1v) is 5.22. The second-order valence-corrected chi connectivity index (χ2v) is 3.98. The summed E-state index contributed by atoms with van der Waals surface area (Å²) in [5.74, 6) is -1.05. The lowest BCUT2D eigenvalue weighted by Crippen LogP contribution is -1.99. The Morgan fingerprint density at radius 1 is 1.19 bits per heavy atom. The van der Waals surface area contributed by atoms with Crippen molar-refractivity contribution in [1.82, 2.24) is 4.98 Å². The monoisotopic (exact) mass is 255 g/mol. The number of benzene rings is 1. The summed E-state index contributed by atoms with van der Waals surface area (Å²) in [6.45, 7) is 0. The van der Waals surface area contributed by atoms with Crippen LogP contribution in [0.4, 0.5) is 0 Å². The number of carboxylic acids is 1. The Morgan fingerprint density at radius 3 is 2.38 bits per heavy atom. The van der Waals surface area contributed by atoms with Crippen LogP contribution in [-0.2, 0) is 0 Å². The molecule has 0 spiro atoms. The van der Waals surface area contributed by atoms with E-state index in [0.29, 0.717) is 21.2 Å². The van der Waals surface area contributed by atoms with Gasteiger partial charge >= 0.3 is 5.97 Å². The molecule has 3 nitrogen and oxygen atoms in total. The SMILES string of the molecule is O=C(O)c1[nH]ccc1-c1c(Cl)cccc1Cl. The number of carbonyl (C=O) groups is 1. The Bertz CT molecular complexity index is 528. The highest BCUT2D eigenvalue weighted by atomic mass is 35.5. The number of rotatable bonds is 2. The number of hydrogen-bond acceptors (Lipinski definition) is 1. The van der Waals surface area contributed by atoms with Crippen molar-refractivity contribution in [2.24, 2.45) is 0 Å². The minimum absolute atomic E-state index is 0.0787. The van der Waals surface area contributed by atoms with Gasteiger partial charge in [0.15, 0.2) is 0 Å². The lowest BCUT2D eigenvalue weighted by Gasteiger charge is -2.05. The lowest BCUT2D eigenvalue weighted by atomic mass is 10.1. The average molecular weight is 256 g/mol. The summed E-state index contributed by atoms with van der Waals surface area (Å²) in [6.07, 6.45) is 1.54. The second-order valence-electron chi connectivity index (χ2n) is 3.17. The first-order valence-electron chi connectivity index (χ1n) is 4.46. The van der Waals surface area contributed by atoms with Crippen LogP contribution in [0.5, 0.6) is 0 Å². The van der Waals surface area contributed by atoms with Gasteiger partial charge in [0.05, 0.1) is 0 Å². The molecule has 16 heavy (non-hydrogen) atoms. The maximum absolute atomic E-state index is 11.0. The molecule has 1 heterocycles. The molecule has 1 aromatic heterocycles. The van der Waals surface area contributed by atoms with Gasteiger partial charge in [0.25, 0.3) is 0 Å². The summed E-state index contributed by atoms with van der Waals surface area (Å²) >= 11 is 12.0. The molecule has 0 aliphatic rings. The highest BCUT2D eigenvalue weighted by molar-refractivity contribution is 6.39. The van der Waals surface area contributed by atoms with Crippen molar-refractivity contribution in [3.63, 3.8) is 0 Å². The average Bonchev–Trinajstić information content (AvgIpc) is 2.66. The van der Waals surface area contributed by atoms with Crippen molar-refractivity contribution in [1.29, 1.82) is 0 Å². The van der Waals surface area contributed by atoms with Crippen molar-refractivity contribution in [2.75, 3.05) is 0 Å². The van der Waals surface area contributed by atoms with Gasteiger partial charge < -0.3 is 10.1 Å². The molecule has 0 amide bonds. The molecule has 0 radical (unpaired) electrons. The van der Waals surface area contributed by atoms with E-state index < -0.39 is 5.97 Å². The Labute approximate surface area is 102 Å². The van der Waals surface area contributed by atoms with Crippen LogP contribution < -0.4 is 0 Å². The van der Waals surface area contributed by atoms with E-state index in [1.165, 1.54) is 0 Å². The number of carboxylic acid groups (broad SMARTS) is 1. The fourth-order valence-corrected chi connectivity index (χ4v) is 2.11. The number of aromatic nitrogens is 1. The Hall–Kier alpha value is -1.45. The summed E-state index contributed by atoms with van der Waals surface area (Å²) in [7, 11) is 0. The molecule has 0 atom stereocenters. The van der Waals surface area contributed by atoms with Gasteiger partial charge in [0, 0.05) is 27.4 Å². The summed E-state index contributed by atoms with van der Waals surface area (Å²) in [5, 5.41) is 9.83. The quantitative estimate of drug-likeness (QED) is 0.860. The smallest absolute Gasteiger partial charge is 0.352 e. The van der Waals surface area contributed by atoms with E-state index >= 15 is 0 Å².